The molecule has 0 unspecified atom stereocenters. The Kier molecular flexibility index (Phi) is 5.85. The van der Waals surface area contributed by atoms with Gasteiger partial charge < -0.3 is 15.1 Å². The first-order chi connectivity index (χ1) is 12.5. The molecule has 3 saturated heterocycles. The van der Waals surface area contributed by atoms with E-state index in [1.807, 2.05) is 24.9 Å². The van der Waals surface area contributed by atoms with Crippen molar-refractivity contribution >= 4 is 35.6 Å². The molecular formula is C17H23N3O5S. The Balaban J connectivity index is 1.37. The quantitative estimate of drug-likeness (QED) is 0.422. The van der Waals surface area contributed by atoms with Crippen molar-refractivity contribution in [2.75, 3.05) is 12.8 Å². The summed E-state index contributed by atoms with van der Waals surface area (Å²) in [5.74, 6) is -0.604. The van der Waals surface area contributed by atoms with Crippen LogP contribution >= 0.6 is 11.8 Å². The largest absolute Gasteiger partial charge is 0.336 e. The van der Waals surface area contributed by atoms with Crippen LogP contribution in [0.5, 0.6) is 0 Å². The SMILES string of the molecule is CN1C(=O)N[C@@H]2[C@H](CC/C=C/CC(=O)ON3C(=O)CCCC3=O)SC[C@@H]21. The monoisotopic (exact) mass is 381 g/mol. The molecule has 3 atom stereocenters. The van der Waals surface area contributed by atoms with Gasteiger partial charge in [0.05, 0.1) is 18.5 Å². The minimum absolute atomic E-state index is 0.00889. The maximum atomic E-state index is 11.8. The standard InChI is InChI=1S/C17H23N3O5S/c1-19-11-10-26-12(16(11)18-17(19)24)6-3-2-4-9-15(23)25-20-13(21)7-5-8-14(20)22/h2,4,11-12,16H,3,5-10H2,1H3,(H,18,24)/b4-2+/t11-,12-,16-/m0/s1. The second-order valence-electron chi connectivity index (χ2n) is 6.68. The molecule has 3 fully saturated rings. The van der Waals surface area contributed by atoms with E-state index < -0.39 is 17.8 Å². The molecule has 4 amide bonds. The number of urea groups is 1. The molecule has 1 N–H and O–H groups in total. The molecule has 0 spiro atoms. The number of likely N-dealkylation sites (N-methyl/N-ethyl adjacent to an activating group) is 1. The maximum absolute atomic E-state index is 11.8. The summed E-state index contributed by atoms with van der Waals surface area (Å²) in [6, 6.07) is 0.438. The average molecular weight is 381 g/mol. The summed E-state index contributed by atoms with van der Waals surface area (Å²) in [6.07, 6.45) is 6.25. The molecule has 0 aliphatic carbocycles. The van der Waals surface area contributed by atoms with Gasteiger partial charge in [0.15, 0.2) is 0 Å². The second kappa shape index (κ2) is 8.11. The Morgan fingerprint density at radius 1 is 1.27 bits per heavy atom. The van der Waals surface area contributed by atoms with Gasteiger partial charge in [0, 0.05) is 30.9 Å². The van der Waals surface area contributed by atoms with Gasteiger partial charge in [-0.15, -0.1) is 5.06 Å². The molecule has 8 nitrogen and oxygen atoms in total. The highest BCUT2D eigenvalue weighted by atomic mass is 32.2. The van der Waals surface area contributed by atoms with Gasteiger partial charge in [0.1, 0.15) is 0 Å². The smallest absolute Gasteiger partial charge is 0.332 e. The number of nitrogens with one attached hydrogen (secondary N) is 1. The van der Waals surface area contributed by atoms with E-state index in [1.165, 1.54) is 0 Å². The molecule has 26 heavy (non-hydrogen) atoms. The van der Waals surface area contributed by atoms with Crippen LogP contribution in [0, 0.1) is 0 Å². The maximum Gasteiger partial charge on any atom is 0.336 e. The highest BCUT2D eigenvalue weighted by molar-refractivity contribution is 8.00. The van der Waals surface area contributed by atoms with Crippen molar-refractivity contribution < 1.29 is 24.0 Å². The van der Waals surface area contributed by atoms with Gasteiger partial charge in [0.25, 0.3) is 11.8 Å². The number of allylic oxidation sites excluding steroid dienone is 1. The van der Waals surface area contributed by atoms with Gasteiger partial charge in [-0.1, -0.05) is 12.2 Å². The number of carbonyl (C=O) groups excluding carboxylic acids is 4. The lowest BCUT2D eigenvalue weighted by Crippen LogP contribution is -2.41. The number of hydrogen-bond donors (Lipinski definition) is 1. The van der Waals surface area contributed by atoms with Gasteiger partial charge in [-0.3, -0.25) is 9.59 Å². The number of rotatable bonds is 6. The molecule has 0 saturated carbocycles. The van der Waals surface area contributed by atoms with Crippen LogP contribution in [0.2, 0.25) is 0 Å². The van der Waals surface area contributed by atoms with E-state index in [0.717, 1.165) is 18.6 Å². The molecule has 0 bridgehead atoms. The number of hydroxylamine groups is 2. The normalized spacial score (nSPS) is 28.7. The summed E-state index contributed by atoms with van der Waals surface area (Å²) in [7, 11) is 1.83. The number of hydrogen-bond acceptors (Lipinski definition) is 6. The van der Waals surface area contributed by atoms with E-state index in [-0.39, 0.29) is 37.4 Å². The van der Waals surface area contributed by atoms with Crippen molar-refractivity contribution in [1.29, 1.82) is 0 Å². The van der Waals surface area contributed by atoms with Crippen LogP contribution in [-0.2, 0) is 19.2 Å². The van der Waals surface area contributed by atoms with Crippen LogP contribution in [0.3, 0.4) is 0 Å². The highest BCUT2D eigenvalue weighted by Crippen LogP contribution is 2.35. The highest BCUT2D eigenvalue weighted by Gasteiger charge is 2.46. The second-order valence-corrected chi connectivity index (χ2v) is 7.95. The van der Waals surface area contributed by atoms with Gasteiger partial charge >= 0.3 is 12.0 Å². The van der Waals surface area contributed by atoms with Crippen LogP contribution in [0.25, 0.3) is 0 Å². The fourth-order valence-electron chi connectivity index (χ4n) is 3.41. The van der Waals surface area contributed by atoms with Crippen molar-refractivity contribution in [3.63, 3.8) is 0 Å². The number of amides is 4. The Hall–Kier alpha value is -2.03. The van der Waals surface area contributed by atoms with Crippen LogP contribution < -0.4 is 5.32 Å². The zero-order valence-electron chi connectivity index (χ0n) is 14.7. The fourth-order valence-corrected chi connectivity index (χ4v) is 5.04. The third-order valence-electron chi connectivity index (χ3n) is 4.90. The topological polar surface area (TPSA) is 96.0 Å². The molecule has 3 aliphatic heterocycles. The van der Waals surface area contributed by atoms with Crippen LogP contribution in [0.1, 0.15) is 38.5 Å². The number of thioether (sulfide) groups is 1. The lowest BCUT2D eigenvalue weighted by molar-refractivity contribution is -0.204. The first-order valence-corrected chi connectivity index (χ1v) is 9.88. The van der Waals surface area contributed by atoms with Gasteiger partial charge in [-0.25, -0.2) is 9.59 Å². The van der Waals surface area contributed by atoms with Crippen LogP contribution in [-0.4, -0.2) is 63.9 Å². The van der Waals surface area contributed by atoms with E-state index >= 15 is 0 Å². The summed E-state index contributed by atoms with van der Waals surface area (Å²) >= 11 is 1.86. The zero-order chi connectivity index (χ0) is 18.7. The molecule has 3 heterocycles. The molecule has 9 heteroatoms. The summed E-state index contributed by atoms with van der Waals surface area (Å²) in [4.78, 5) is 53.2. The Morgan fingerprint density at radius 3 is 2.73 bits per heavy atom. The zero-order valence-corrected chi connectivity index (χ0v) is 15.5. The first-order valence-electron chi connectivity index (χ1n) is 8.84. The molecule has 0 aromatic rings. The third kappa shape index (κ3) is 4.03. The number of fused-ring (bicyclic) bond motifs is 1. The summed E-state index contributed by atoms with van der Waals surface area (Å²) in [5.41, 5.74) is 0. The molecular weight excluding hydrogens is 358 g/mol. The molecule has 0 aromatic heterocycles. The van der Waals surface area contributed by atoms with E-state index in [9.17, 15) is 19.2 Å². The number of piperidine rings is 1. The molecule has 3 aliphatic rings. The van der Waals surface area contributed by atoms with E-state index in [1.54, 1.807) is 11.0 Å². The first kappa shape index (κ1) is 18.8. The number of imide groups is 1. The Labute approximate surface area is 156 Å². The number of nitrogens with zero attached hydrogens (tertiary/aromatic N) is 2. The van der Waals surface area contributed by atoms with E-state index in [4.69, 9.17) is 4.84 Å². The lowest BCUT2D eigenvalue weighted by atomic mass is 10.0. The Morgan fingerprint density at radius 2 is 2.00 bits per heavy atom. The Bertz CT molecular complexity index is 622. The average Bonchev–Trinajstić information content (AvgIpc) is 3.12. The predicted molar refractivity (Wildman–Crippen MR) is 94.9 cm³/mol. The van der Waals surface area contributed by atoms with E-state index in [0.29, 0.717) is 16.7 Å². The van der Waals surface area contributed by atoms with Crippen LogP contribution in [0.15, 0.2) is 12.2 Å². The predicted octanol–water partition coefficient (Wildman–Crippen LogP) is 1.22. The van der Waals surface area contributed by atoms with Gasteiger partial charge in [0.2, 0.25) is 0 Å². The van der Waals surface area contributed by atoms with Crippen molar-refractivity contribution in [2.24, 2.45) is 0 Å². The molecule has 142 valence electrons. The van der Waals surface area contributed by atoms with Gasteiger partial charge in [-0.05, 0) is 19.3 Å². The lowest BCUT2D eigenvalue weighted by Gasteiger charge is -2.22. The van der Waals surface area contributed by atoms with Gasteiger partial charge in [-0.2, -0.15) is 11.8 Å². The minimum Gasteiger partial charge on any atom is -0.332 e. The fraction of sp³-hybridized carbons (Fsp3) is 0.647. The number of carbonyl (C=O) groups is 4. The molecule has 3 rings (SSSR count). The van der Waals surface area contributed by atoms with Crippen molar-refractivity contribution in [2.45, 2.75) is 55.9 Å². The van der Waals surface area contributed by atoms with E-state index in [2.05, 4.69) is 5.32 Å². The molecule has 0 aromatic carbocycles. The minimum atomic E-state index is -0.621. The third-order valence-corrected chi connectivity index (χ3v) is 6.39. The molecule has 0 radical (unpaired) electrons. The van der Waals surface area contributed by atoms with Crippen molar-refractivity contribution in [3.05, 3.63) is 12.2 Å². The summed E-state index contributed by atoms with van der Waals surface area (Å²) in [6.45, 7) is 0. The van der Waals surface area contributed by atoms with Crippen molar-refractivity contribution in [3.8, 4) is 0 Å². The summed E-state index contributed by atoms with van der Waals surface area (Å²) in [5, 5.41) is 3.99. The summed E-state index contributed by atoms with van der Waals surface area (Å²) < 4.78 is 0. The van der Waals surface area contributed by atoms with Crippen LogP contribution in [0.4, 0.5) is 4.79 Å². The van der Waals surface area contributed by atoms with Crippen molar-refractivity contribution in [1.82, 2.24) is 15.3 Å².